The highest BCUT2D eigenvalue weighted by Crippen LogP contribution is 2.49. The van der Waals surface area contributed by atoms with E-state index in [0.29, 0.717) is 39.5 Å². The van der Waals surface area contributed by atoms with Crippen LogP contribution >= 0.6 is 0 Å². The van der Waals surface area contributed by atoms with Crippen molar-refractivity contribution >= 4 is 17.4 Å². The highest BCUT2D eigenvalue weighted by molar-refractivity contribution is 6.23. The summed E-state index contributed by atoms with van der Waals surface area (Å²) in [4.78, 5) is 26.4. The standard InChI is InChI=1S/C24H23NO5/c1-5-30-24(27)19-13(2)25-22-15-8-6-7-9-16(15)23(26)21(22)20(19)17-12-14(28-3)10-11-18(17)29-4/h6-12,20,25H,5H2,1-4H3/t20-/m0/s1. The molecule has 0 aromatic heterocycles. The Labute approximate surface area is 175 Å². The number of allylic oxidation sites excluding steroid dienone is 2. The molecule has 0 bridgehead atoms. The molecule has 1 N–H and O–H groups in total. The van der Waals surface area contributed by atoms with Crippen LogP contribution in [0.3, 0.4) is 0 Å². The van der Waals surface area contributed by atoms with Crippen LogP contribution in [0.2, 0.25) is 0 Å². The lowest BCUT2D eigenvalue weighted by Crippen LogP contribution is -2.29. The topological polar surface area (TPSA) is 73.9 Å². The average molecular weight is 405 g/mol. The number of ketones is 1. The maximum absolute atomic E-state index is 13.5. The predicted octanol–water partition coefficient (Wildman–Crippen LogP) is 3.84. The van der Waals surface area contributed by atoms with Crippen LogP contribution in [0, 0.1) is 0 Å². The van der Waals surface area contributed by atoms with E-state index in [2.05, 4.69) is 5.32 Å². The first-order chi connectivity index (χ1) is 14.5. The van der Waals surface area contributed by atoms with Gasteiger partial charge in [-0.2, -0.15) is 0 Å². The maximum Gasteiger partial charge on any atom is 0.336 e. The number of fused-ring (bicyclic) bond motifs is 2. The van der Waals surface area contributed by atoms with Crippen LogP contribution in [-0.4, -0.2) is 32.6 Å². The highest BCUT2D eigenvalue weighted by atomic mass is 16.5. The van der Waals surface area contributed by atoms with Crippen LogP contribution in [0.4, 0.5) is 0 Å². The molecule has 6 heteroatoms. The fraction of sp³-hybridized carbons (Fsp3) is 0.250. The summed E-state index contributed by atoms with van der Waals surface area (Å²) >= 11 is 0. The molecule has 1 aliphatic carbocycles. The number of hydrogen-bond acceptors (Lipinski definition) is 6. The zero-order valence-electron chi connectivity index (χ0n) is 17.4. The lowest BCUT2D eigenvalue weighted by atomic mass is 9.79. The second-order valence-corrected chi connectivity index (χ2v) is 7.09. The molecule has 0 radical (unpaired) electrons. The normalized spacial score (nSPS) is 17.3. The summed E-state index contributed by atoms with van der Waals surface area (Å²) in [6.07, 6.45) is 0. The van der Waals surface area contributed by atoms with E-state index in [4.69, 9.17) is 14.2 Å². The molecule has 1 atom stereocenters. The SMILES string of the molecule is CCOC(=O)C1=C(C)NC2=C(C(=O)c3ccccc32)[C@H]1c1cc(OC)ccc1OC. The number of rotatable bonds is 5. The van der Waals surface area contributed by atoms with Gasteiger partial charge in [-0.05, 0) is 32.0 Å². The number of esters is 1. The van der Waals surface area contributed by atoms with E-state index in [1.54, 1.807) is 39.3 Å². The van der Waals surface area contributed by atoms with Gasteiger partial charge < -0.3 is 19.5 Å². The zero-order chi connectivity index (χ0) is 21.4. The van der Waals surface area contributed by atoms with Gasteiger partial charge in [-0.1, -0.05) is 24.3 Å². The van der Waals surface area contributed by atoms with Crippen LogP contribution in [0.25, 0.3) is 5.70 Å². The number of dihydropyridines is 1. The minimum atomic E-state index is -0.648. The third kappa shape index (κ3) is 2.96. The number of nitrogens with one attached hydrogen (secondary N) is 1. The quantitative estimate of drug-likeness (QED) is 0.762. The highest BCUT2D eigenvalue weighted by Gasteiger charge is 2.44. The lowest BCUT2D eigenvalue weighted by molar-refractivity contribution is -0.138. The van der Waals surface area contributed by atoms with Crippen LogP contribution < -0.4 is 14.8 Å². The van der Waals surface area contributed by atoms with E-state index in [9.17, 15) is 9.59 Å². The Kier molecular flexibility index (Phi) is 5.08. The van der Waals surface area contributed by atoms with Gasteiger partial charge in [0.05, 0.1) is 38.0 Å². The van der Waals surface area contributed by atoms with Gasteiger partial charge in [0.2, 0.25) is 0 Å². The summed E-state index contributed by atoms with van der Waals surface area (Å²) in [5, 5.41) is 3.29. The second-order valence-electron chi connectivity index (χ2n) is 7.09. The molecule has 0 saturated heterocycles. The lowest BCUT2D eigenvalue weighted by Gasteiger charge is -2.30. The van der Waals surface area contributed by atoms with Crippen LogP contribution in [0.15, 0.2) is 59.3 Å². The van der Waals surface area contributed by atoms with Crippen molar-refractivity contribution in [2.75, 3.05) is 20.8 Å². The van der Waals surface area contributed by atoms with Gasteiger partial charge in [-0.25, -0.2) is 4.79 Å². The van der Waals surface area contributed by atoms with E-state index in [1.165, 1.54) is 0 Å². The maximum atomic E-state index is 13.5. The third-order valence-corrected chi connectivity index (χ3v) is 5.49. The predicted molar refractivity (Wildman–Crippen MR) is 112 cm³/mol. The molecule has 30 heavy (non-hydrogen) atoms. The molecule has 2 aliphatic rings. The summed E-state index contributed by atoms with van der Waals surface area (Å²) in [6.45, 7) is 3.81. The van der Waals surface area contributed by atoms with Gasteiger partial charge in [0.1, 0.15) is 11.5 Å². The summed E-state index contributed by atoms with van der Waals surface area (Å²) < 4.78 is 16.4. The molecule has 0 fully saturated rings. The Hall–Kier alpha value is -3.54. The largest absolute Gasteiger partial charge is 0.497 e. The number of carbonyl (C=O) groups excluding carboxylic acids is 2. The number of Topliss-reactive ketones (excluding diaryl/α,β-unsaturated/α-hetero) is 1. The summed E-state index contributed by atoms with van der Waals surface area (Å²) in [7, 11) is 3.14. The summed E-state index contributed by atoms with van der Waals surface area (Å²) in [5.41, 5.74) is 4.38. The van der Waals surface area contributed by atoms with Gasteiger partial charge in [-0.3, -0.25) is 4.79 Å². The zero-order valence-corrected chi connectivity index (χ0v) is 17.4. The first kappa shape index (κ1) is 19.8. The van der Waals surface area contributed by atoms with Gasteiger partial charge >= 0.3 is 5.97 Å². The molecule has 0 amide bonds. The van der Waals surface area contributed by atoms with Crippen molar-refractivity contribution in [2.24, 2.45) is 0 Å². The Bertz CT molecular complexity index is 1110. The number of benzene rings is 2. The Morgan fingerprint density at radius 2 is 1.80 bits per heavy atom. The minimum Gasteiger partial charge on any atom is -0.497 e. The third-order valence-electron chi connectivity index (χ3n) is 5.49. The number of methoxy groups -OCH3 is 2. The average Bonchev–Trinajstić information content (AvgIpc) is 3.04. The molecular formula is C24H23NO5. The molecule has 0 saturated carbocycles. The molecule has 1 aliphatic heterocycles. The van der Waals surface area contributed by atoms with Crippen molar-refractivity contribution in [3.05, 3.63) is 76.0 Å². The second kappa shape index (κ2) is 7.71. The fourth-order valence-corrected chi connectivity index (χ4v) is 4.18. The van der Waals surface area contributed by atoms with Gasteiger partial charge in [0, 0.05) is 28.0 Å². The number of ether oxygens (including phenoxy) is 3. The van der Waals surface area contributed by atoms with Crippen molar-refractivity contribution in [1.29, 1.82) is 0 Å². The van der Waals surface area contributed by atoms with Crippen molar-refractivity contribution in [3.63, 3.8) is 0 Å². The molecule has 6 nitrogen and oxygen atoms in total. The Morgan fingerprint density at radius 1 is 1.07 bits per heavy atom. The molecule has 0 unspecified atom stereocenters. The van der Waals surface area contributed by atoms with Crippen LogP contribution in [0.5, 0.6) is 11.5 Å². The van der Waals surface area contributed by atoms with Crippen molar-refractivity contribution in [1.82, 2.24) is 5.32 Å². The number of hydrogen-bond donors (Lipinski definition) is 1. The van der Waals surface area contributed by atoms with Gasteiger partial charge in [0.15, 0.2) is 5.78 Å². The Balaban J connectivity index is 1.99. The summed E-state index contributed by atoms with van der Waals surface area (Å²) in [6, 6.07) is 12.8. The van der Waals surface area contributed by atoms with Crippen molar-refractivity contribution in [2.45, 2.75) is 19.8 Å². The van der Waals surface area contributed by atoms with Crippen LogP contribution in [-0.2, 0) is 9.53 Å². The molecule has 2 aromatic carbocycles. The molecular weight excluding hydrogens is 382 g/mol. The van der Waals surface area contributed by atoms with Gasteiger partial charge in [-0.15, -0.1) is 0 Å². The molecule has 2 aromatic rings. The van der Waals surface area contributed by atoms with Crippen LogP contribution in [0.1, 0.15) is 41.3 Å². The Morgan fingerprint density at radius 3 is 2.47 bits per heavy atom. The van der Waals surface area contributed by atoms with E-state index in [-0.39, 0.29) is 12.4 Å². The molecule has 154 valence electrons. The van der Waals surface area contributed by atoms with E-state index in [0.717, 1.165) is 11.3 Å². The number of carbonyl (C=O) groups is 2. The van der Waals surface area contributed by atoms with Crippen molar-refractivity contribution in [3.8, 4) is 11.5 Å². The van der Waals surface area contributed by atoms with Crippen molar-refractivity contribution < 1.29 is 23.8 Å². The van der Waals surface area contributed by atoms with E-state index >= 15 is 0 Å². The summed E-state index contributed by atoms with van der Waals surface area (Å²) in [5.74, 6) is -0.0570. The van der Waals surface area contributed by atoms with Gasteiger partial charge in [0.25, 0.3) is 0 Å². The van der Waals surface area contributed by atoms with E-state index < -0.39 is 11.9 Å². The molecule has 4 rings (SSSR count). The molecule has 1 heterocycles. The fourth-order valence-electron chi connectivity index (χ4n) is 4.18. The first-order valence-corrected chi connectivity index (χ1v) is 9.76. The molecule has 0 spiro atoms. The first-order valence-electron chi connectivity index (χ1n) is 9.76. The monoisotopic (exact) mass is 405 g/mol. The minimum absolute atomic E-state index is 0.114. The van der Waals surface area contributed by atoms with E-state index in [1.807, 2.05) is 31.2 Å². The smallest absolute Gasteiger partial charge is 0.336 e.